The third kappa shape index (κ3) is 3.36. The molecule has 0 atom stereocenters. The molecule has 0 fully saturated rings. The third-order valence-corrected chi connectivity index (χ3v) is 3.95. The average Bonchev–Trinajstić information content (AvgIpc) is 3.40. The summed E-state index contributed by atoms with van der Waals surface area (Å²) >= 11 is 0. The van der Waals surface area contributed by atoms with Gasteiger partial charge in [-0.3, -0.25) is 4.79 Å². The van der Waals surface area contributed by atoms with E-state index in [1.807, 2.05) is 48.7 Å². The van der Waals surface area contributed by atoms with Gasteiger partial charge in [0, 0.05) is 24.5 Å². The standard InChI is InChI=1S/C19H16N6O/c26-19(16-5-7-17(8-6-16)25-12-10-21-23-25)20-14-15-3-1-4-18(13-15)24-11-2-9-22-24/h1-13H,14H2,(H,20,26). The largest absolute Gasteiger partial charge is 0.348 e. The maximum absolute atomic E-state index is 12.4. The number of rotatable bonds is 5. The van der Waals surface area contributed by atoms with Crippen molar-refractivity contribution >= 4 is 5.91 Å². The lowest BCUT2D eigenvalue weighted by Gasteiger charge is -2.08. The van der Waals surface area contributed by atoms with E-state index in [4.69, 9.17) is 0 Å². The van der Waals surface area contributed by atoms with Crippen LogP contribution in [0.5, 0.6) is 0 Å². The number of carbonyl (C=O) groups is 1. The molecule has 128 valence electrons. The predicted octanol–water partition coefficient (Wildman–Crippen LogP) is 2.38. The zero-order valence-corrected chi connectivity index (χ0v) is 13.9. The predicted molar refractivity (Wildman–Crippen MR) is 96.1 cm³/mol. The monoisotopic (exact) mass is 344 g/mol. The Kier molecular flexibility index (Phi) is 4.26. The van der Waals surface area contributed by atoms with E-state index in [2.05, 4.69) is 20.7 Å². The van der Waals surface area contributed by atoms with E-state index in [-0.39, 0.29) is 5.91 Å². The fraction of sp³-hybridized carbons (Fsp3) is 0.0526. The Morgan fingerprint density at radius 3 is 2.54 bits per heavy atom. The van der Waals surface area contributed by atoms with E-state index in [1.165, 1.54) is 0 Å². The number of nitrogens with one attached hydrogen (secondary N) is 1. The number of carbonyl (C=O) groups excluding carboxylic acids is 1. The first-order valence-electron chi connectivity index (χ1n) is 8.13. The molecule has 0 bridgehead atoms. The summed E-state index contributed by atoms with van der Waals surface area (Å²) in [5.74, 6) is -0.125. The van der Waals surface area contributed by atoms with Gasteiger partial charge in [-0.25, -0.2) is 9.36 Å². The van der Waals surface area contributed by atoms with E-state index in [9.17, 15) is 4.79 Å². The van der Waals surface area contributed by atoms with Crippen LogP contribution >= 0.6 is 0 Å². The Morgan fingerprint density at radius 2 is 1.81 bits per heavy atom. The molecule has 7 heteroatoms. The van der Waals surface area contributed by atoms with Crippen molar-refractivity contribution in [1.82, 2.24) is 30.1 Å². The first-order chi connectivity index (χ1) is 12.8. The van der Waals surface area contributed by atoms with Gasteiger partial charge in [-0.05, 0) is 48.0 Å². The lowest BCUT2D eigenvalue weighted by molar-refractivity contribution is 0.0951. The van der Waals surface area contributed by atoms with Gasteiger partial charge in [0.05, 0.1) is 23.8 Å². The first kappa shape index (κ1) is 15.8. The van der Waals surface area contributed by atoms with Gasteiger partial charge in [-0.2, -0.15) is 5.10 Å². The normalized spacial score (nSPS) is 10.6. The molecule has 0 spiro atoms. The second-order valence-electron chi connectivity index (χ2n) is 5.70. The molecule has 2 aromatic heterocycles. The molecule has 0 aliphatic rings. The van der Waals surface area contributed by atoms with Crippen molar-refractivity contribution in [1.29, 1.82) is 0 Å². The molecule has 0 unspecified atom stereocenters. The molecule has 2 aromatic carbocycles. The highest BCUT2D eigenvalue weighted by atomic mass is 16.1. The molecule has 0 saturated heterocycles. The van der Waals surface area contributed by atoms with Gasteiger partial charge < -0.3 is 5.32 Å². The number of nitrogens with zero attached hydrogens (tertiary/aromatic N) is 5. The van der Waals surface area contributed by atoms with Gasteiger partial charge >= 0.3 is 0 Å². The highest BCUT2D eigenvalue weighted by Crippen LogP contribution is 2.11. The quantitative estimate of drug-likeness (QED) is 0.603. The minimum Gasteiger partial charge on any atom is -0.348 e. The first-order valence-corrected chi connectivity index (χ1v) is 8.13. The number of aromatic nitrogens is 5. The Balaban J connectivity index is 1.42. The minimum absolute atomic E-state index is 0.125. The Labute approximate surface area is 149 Å². The molecule has 0 saturated carbocycles. The van der Waals surface area contributed by atoms with E-state index >= 15 is 0 Å². The molecule has 1 N–H and O–H groups in total. The van der Waals surface area contributed by atoms with E-state index < -0.39 is 0 Å². The molecule has 26 heavy (non-hydrogen) atoms. The molecule has 4 rings (SSSR count). The topological polar surface area (TPSA) is 77.6 Å². The third-order valence-electron chi connectivity index (χ3n) is 3.95. The van der Waals surface area contributed by atoms with Crippen molar-refractivity contribution in [3.63, 3.8) is 0 Å². The smallest absolute Gasteiger partial charge is 0.251 e. The van der Waals surface area contributed by atoms with Gasteiger partial charge in [-0.1, -0.05) is 17.3 Å². The van der Waals surface area contributed by atoms with Crippen LogP contribution in [0.25, 0.3) is 11.4 Å². The summed E-state index contributed by atoms with van der Waals surface area (Å²) in [6.07, 6.45) is 6.98. The fourth-order valence-electron chi connectivity index (χ4n) is 2.63. The summed E-state index contributed by atoms with van der Waals surface area (Å²) in [5, 5.41) is 14.9. The Morgan fingerprint density at radius 1 is 0.923 bits per heavy atom. The second kappa shape index (κ2) is 7.02. The maximum Gasteiger partial charge on any atom is 0.251 e. The number of hydrogen-bond acceptors (Lipinski definition) is 4. The SMILES string of the molecule is O=C(NCc1cccc(-n2cccn2)c1)c1ccc(-n2ccnn2)cc1. The van der Waals surface area contributed by atoms with Gasteiger partial charge in [-0.15, -0.1) is 5.10 Å². The fourth-order valence-corrected chi connectivity index (χ4v) is 2.63. The lowest BCUT2D eigenvalue weighted by atomic mass is 10.1. The summed E-state index contributed by atoms with van der Waals surface area (Å²) < 4.78 is 3.43. The van der Waals surface area contributed by atoms with E-state index in [0.29, 0.717) is 12.1 Å². The number of benzene rings is 2. The van der Waals surface area contributed by atoms with Crippen LogP contribution in [0.4, 0.5) is 0 Å². The molecule has 0 aliphatic carbocycles. The lowest BCUT2D eigenvalue weighted by Crippen LogP contribution is -2.22. The highest BCUT2D eigenvalue weighted by Gasteiger charge is 2.07. The molecule has 0 aliphatic heterocycles. The summed E-state index contributed by atoms with van der Waals surface area (Å²) in [6.45, 7) is 0.443. The molecule has 1 amide bonds. The minimum atomic E-state index is -0.125. The number of amides is 1. The average molecular weight is 344 g/mol. The van der Waals surface area contributed by atoms with Crippen LogP contribution in [0.3, 0.4) is 0 Å². The summed E-state index contributed by atoms with van der Waals surface area (Å²) in [7, 11) is 0. The molecule has 7 nitrogen and oxygen atoms in total. The van der Waals surface area contributed by atoms with Crippen molar-refractivity contribution in [3.05, 3.63) is 90.5 Å². The van der Waals surface area contributed by atoms with Crippen LogP contribution in [0.1, 0.15) is 15.9 Å². The second-order valence-corrected chi connectivity index (χ2v) is 5.70. The van der Waals surface area contributed by atoms with Crippen LogP contribution < -0.4 is 5.32 Å². The molecule has 2 heterocycles. The molecular weight excluding hydrogens is 328 g/mol. The molecule has 4 aromatic rings. The Hall–Kier alpha value is -3.74. The van der Waals surface area contributed by atoms with Crippen molar-refractivity contribution in [2.75, 3.05) is 0 Å². The van der Waals surface area contributed by atoms with Gasteiger partial charge in [0.2, 0.25) is 0 Å². The summed E-state index contributed by atoms with van der Waals surface area (Å²) in [6, 6.07) is 17.0. The zero-order chi connectivity index (χ0) is 17.8. The van der Waals surface area contributed by atoms with Crippen LogP contribution in [0.2, 0.25) is 0 Å². The van der Waals surface area contributed by atoms with Crippen molar-refractivity contribution in [2.45, 2.75) is 6.54 Å². The van der Waals surface area contributed by atoms with E-state index in [1.54, 1.807) is 40.1 Å². The molecule has 0 radical (unpaired) electrons. The summed E-state index contributed by atoms with van der Waals surface area (Å²) in [5.41, 5.74) is 3.41. The van der Waals surface area contributed by atoms with Crippen molar-refractivity contribution in [2.24, 2.45) is 0 Å². The van der Waals surface area contributed by atoms with E-state index in [0.717, 1.165) is 16.9 Å². The highest BCUT2D eigenvalue weighted by molar-refractivity contribution is 5.94. The zero-order valence-electron chi connectivity index (χ0n) is 13.9. The van der Waals surface area contributed by atoms with Crippen LogP contribution in [-0.2, 0) is 6.54 Å². The van der Waals surface area contributed by atoms with Gasteiger partial charge in [0.1, 0.15) is 0 Å². The summed E-state index contributed by atoms with van der Waals surface area (Å²) in [4.78, 5) is 12.4. The van der Waals surface area contributed by atoms with Crippen molar-refractivity contribution < 1.29 is 4.79 Å². The Bertz CT molecular complexity index is 991. The van der Waals surface area contributed by atoms with Gasteiger partial charge in [0.25, 0.3) is 5.91 Å². The number of hydrogen-bond donors (Lipinski definition) is 1. The van der Waals surface area contributed by atoms with Crippen molar-refractivity contribution in [3.8, 4) is 11.4 Å². The van der Waals surface area contributed by atoms with Crippen LogP contribution in [0, 0.1) is 0 Å². The van der Waals surface area contributed by atoms with Crippen LogP contribution in [0.15, 0.2) is 79.4 Å². The maximum atomic E-state index is 12.4. The molecular formula is C19H16N6O. The van der Waals surface area contributed by atoms with Gasteiger partial charge in [0.15, 0.2) is 0 Å². The van der Waals surface area contributed by atoms with Crippen LogP contribution in [-0.4, -0.2) is 30.7 Å².